The van der Waals surface area contributed by atoms with Crippen molar-refractivity contribution in [3.63, 3.8) is 0 Å². The summed E-state index contributed by atoms with van der Waals surface area (Å²) in [5.41, 5.74) is 1.27. The Kier molecular flexibility index (Phi) is 5.45. The molecule has 86 valence electrons. The van der Waals surface area contributed by atoms with E-state index in [1.807, 2.05) is 12.1 Å². The number of rotatable bonds is 6. The SMILES string of the molecule is C#CCCOc1ccc(C(C)NCC)cc1. The standard InChI is InChI=1S/C14H19NO/c1-4-6-11-16-14-9-7-13(8-10-14)12(3)15-5-2/h1,7-10,12,15H,5-6,11H2,2-3H3. The Balaban J connectivity index is 2.51. The second-order valence-corrected chi connectivity index (χ2v) is 3.65. The number of benzene rings is 1. The molecule has 0 amide bonds. The molecule has 0 bridgehead atoms. The van der Waals surface area contributed by atoms with Crippen molar-refractivity contribution < 1.29 is 4.74 Å². The molecule has 0 saturated carbocycles. The first-order valence-electron chi connectivity index (χ1n) is 5.67. The normalized spacial score (nSPS) is 11.8. The highest BCUT2D eigenvalue weighted by atomic mass is 16.5. The van der Waals surface area contributed by atoms with Gasteiger partial charge in [-0.1, -0.05) is 19.1 Å². The van der Waals surface area contributed by atoms with Gasteiger partial charge in [0.2, 0.25) is 0 Å². The lowest BCUT2D eigenvalue weighted by atomic mass is 10.1. The quantitative estimate of drug-likeness (QED) is 0.584. The first-order valence-corrected chi connectivity index (χ1v) is 5.67. The van der Waals surface area contributed by atoms with Crippen molar-refractivity contribution in [1.82, 2.24) is 5.32 Å². The molecule has 0 radical (unpaired) electrons. The van der Waals surface area contributed by atoms with E-state index in [0.29, 0.717) is 19.1 Å². The lowest BCUT2D eigenvalue weighted by Gasteiger charge is -2.13. The first-order chi connectivity index (χ1) is 7.77. The third-order valence-electron chi connectivity index (χ3n) is 2.41. The molecule has 0 aliphatic heterocycles. The summed E-state index contributed by atoms with van der Waals surface area (Å²) in [5, 5.41) is 3.37. The highest BCUT2D eigenvalue weighted by Gasteiger charge is 2.02. The van der Waals surface area contributed by atoms with E-state index in [2.05, 4.69) is 37.2 Å². The summed E-state index contributed by atoms with van der Waals surface area (Å²) in [4.78, 5) is 0. The van der Waals surface area contributed by atoms with E-state index in [1.165, 1.54) is 5.56 Å². The van der Waals surface area contributed by atoms with Crippen LogP contribution in [0.25, 0.3) is 0 Å². The predicted molar refractivity (Wildman–Crippen MR) is 67.5 cm³/mol. The van der Waals surface area contributed by atoms with Crippen LogP contribution in [0.3, 0.4) is 0 Å². The van der Waals surface area contributed by atoms with Crippen LogP contribution in [-0.4, -0.2) is 13.2 Å². The van der Waals surface area contributed by atoms with Gasteiger partial charge in [0.15, 0.2) is 0 Å². The number of terminal acetylenes is 1. The molecule has 2 heteroatoms. The molecule has 1 aromatic rings. The minimum absolute atomic E-state index is 0.379. The summed E-state index contributed by atoms with van der Waals surface area (Å²) in [6.45, 7) is 5.81. The van der Waals surface area contributed by atoms with E-state index in [-0.39, 0.29) is 0 Å². The van der Waals surface area contributed by atoms with Crippen molar-refractivity contribution in [3.05, 3.63) is 29.8 Å². The second kappa shape index (κ2) is 6.92. The van der Waals surface area contributed by atoms with Crippen molar-refractivity contribution in [2.24, 2.45) is 0 Å². The molecular weight excluding hydrogens is 198 g/mol. The van der Waals surface area contributed by atoms with Crippen LogP contribution in [0, 0.1) is 12.3 Å². The minimum atomic E-state index is 0.379. The van der Waals surface area contributed by atoms with Crippen LogP contribution in [0.4, 0.5) is 0 Å². The van der Waals surface area contributed by atoms with E-state index in [1.54, 1.807) is 0 Å². The third-order valence-corrected chi connectivity index (χ3v) is 2.41. The molecule has 1 atom stereocenters. The van der Waals surface area contributed by atoms with Gasteiger partial charge in [-0.3, -0.25) is 0 Å². The Morgan fingerprint density at radius 1 is 1.38 bits per heavy atom. The Morgan fingerprint density at radius 3 is 2.62 bits per heavy atom. The number of ether oxygens (including phenoxy) is 1. The van der Waals surface area contributed by atoms with Gasteiger partial charge in [-0.25, -0.2) is 0 Å². The summed E-state index contributed by atoms with van der Waals surface area (Å²) >= 11 is 0. The Bertz CT molecular complexity index is 337. The molecule has 0 aliphatic carbocycles. The van der Waals surface area contributed by atoms with Crippen LogP contribution in [0.2, 0.25) is 0 Å². The van der Waals surface area contributed by atoms with Crippen molar-refractivity contribution in [1.29, 1.82) is 0 Å². The predicted octanol–water partition coefficient (Wildman–Crippen LogP) is 2.76. The van der Waals surface area contributed by atoms with Crippen LogP contribution in [0.5, 0.6) is 5.75 Å². The molecule has 1 rings (SSSR count). The fraction of sp³-hybridized carbons (Fsp3) is 0.429. The lowest BCUT2D eigenvalue weighted by molar-refractivity contribution is 0.327. The topological polar surface area (TPSA) is 21.3 Å². The van der Waals surface area contributed by atoms with E-state index >= 15 is 0 Å². The molecule has 1 N–H and O–H groups in total. The molecule has 1 aromatic carbocycles. The molecule has 0 aliphatic rings. The highest BCUT2D eigenvalue weighted by Crippen LogP contribution is 2.17. The average molecular weight is 217 g/mol. The molecule has 1 unspecified atom stereocenters. The Hall–Kier alpha value is -1.46. The summed E-state index contributed by atoms with van der Waals surface area (Å²) in [7, 11) is 0. The van der Waals surface area contributed by atoms with Gasteiger partial charge in [-0.2, -0.15) is 0 Å². The molecular formula is C14H19NO. The maximum absolute atomic E-state index is 5.48. The molecule has 2 nitrogen and oxygen atoms in total. The Labute approximate surface area is 98.0 Å². The van der Waals surface area contributed by atoms with Gasteiger partial charge >= 0.3 is 0 Å². The van der Waals surface area contributed by atoms with Crippen molar-refractivity contribution >= 4 is 0 Å². The van der Waals surface area contributed by atoms with Crippen LogP contribution in [-0.2, 0) is 0 Å². The van der Waals surface area contributed by atoms with Crippen LogP contribution in [0.15, 0.2) is 24.3 Å². The first kappa shape index (κ1) is 12.6. The second-order valence-electron chi connectivity index (χ2n) is 3.65. The van der Waals surface area contributed by atoms with Crippen molar-refractivity contribution in [2.45, 2.75) is 26.3 Å². The molecule has 0 aromatic heterocycles. The Morgan fingerprint density at radius 2 is 2.06 bits per heavy atom. The summed E-state index contributed by atoms with van der Waals surface area (Å²) in [6, 6.07) is 8.51. The number of hydrogen-bond acceptors (Lipinski definition) is 2. The lowest BCUT2D eigenvalue weighted by Crippen LogP contribution is -2.17. The highest BCUT2D eigenvalue weighted by molar-refractivity contribution is 5.28. The van der Waals surface area contributed by atoms with Crippen molar-refractivity contribution in [2.75, 3.05) is 13.2 Å². The van der Waals surface area contributed by atoms with Gasteiger partial charge in [0, 0.05) is 12.5 Å². The van der Waals surface area contributed by atoms with Crippen LogP contribution >= 0.6 is 0 Å². The van der Waals surface area contributed by atoms with Gasteiger partial charge in [0.25, 0.3) is 0 Å². The zero-order valence-corrected chi connectivity index (χ0v) is 9.99. The van der Waals surface area contributed by atoms with E-state index in [4.69, 9.17) is 11.2 Å². The van der Waals surface area contributed by atoms with Gasteiger partial charge in [0.05, 0.1) is 6.61 Å². The smallest absolute Gasteiger partial charge is 0.119 e. The molecule has 0 spiro atoms. The minimum Gasteiger partial charge on any atom is -0.493 e. The van der Waals surface area contributed by atoms with Crippen LogP contribution < -0.4 is 10.1 Å². The van der Waals surface area contributed by atoms with Gasteiger partial charge in [-0.15, -0.1) is 12.3 Å². The third kappa shape index (κ3) is 3.96. The monoisotopic (exact) mass is 217 g/mol. The van der Waals surface area contributed by atoms with Gasteiger partial charge in [-0.05, 0) is 31.2 Å². The number of hydrogen-bond donors (Lipinski definition) is 1. The van der Waals surface area contributed by atoms with Crippen LogP contribution in [0.1, 0.15) is 31.9 Å². The molecule has 0 heterocycles. The largest absolute Gasteiger partial charge is 0.493 e. The summed E-state index contributed by atoms with van der Waals surface area (Å²) in [6.07, 6.45) is 5.80. The average Bonchev–Trinajstić information content (AvgIpc) is 2.30. The summed E-state index contributed by atoms with van der Waals surface area (Å²) in [5.74, 6) is 3.43. The van der Waals surface area contributed by atoms with E-state index < -0.39 is 0 Å². The fourth-order valence-electron chi connectivity index (χ4n) is 1.50. The van der Waals surface area contributed by atoms with E-state index in [9.17, 15) is 0 Å². The van der Waals surface area contributed by atoms with Gasteiger partial charge in [0.1, 0.15) is 5.75 Å². The van der Waals surface area contributed by atoms with E-state index in [0.717, 1.165) is 12.3 Å². The fourth-order valence-corrected chi connectivity index (χ4v) is 1.50. The molecule has 0 saturated heterocycles. The molecule has 0 fully saturated rings. The summed E-state index contributed by atoms with van der Waals surface area (Å²) < 4.78 is 5.48. The van der Waals surface area contributed by atoms with Gasteiger partial charge < -0.3 is 10.1 Å². The van der Waals surface area contributed by atoms with Crippen molar-refractivity contribution in [3.8, 4) is 18.1 Å². The maximum Gasteiger partial charge on any atom is 0.119 e. The molecule has 16 heavy (non-hydrogen) atoms. The zero-order chi connectivity index (χ0) is 11.8. The number of nitrogens with one attached hydrogen (secondary N) is 1. The maximum atomic E-state index is 5.48. The zero-order valence-electron chi connectivity index (χ0n) is 9.99.